The number of benzene rings is 2. The van der Waals surface area contributed by atoms with Crippen molar-refractivity contribution in [1.82, 2.24) is 9.97 Å². The molecule has 25 heavy (non-hydrogen) atoms. The van der Waals surface area contributed by atoms with Crippen LogP contribution in [0.4, 0.5) is 5.82 Å². The van der Waals surface area contributed by atoms with Gasteiger partial charge in [0.05, 0.1) is 22.3 Å². The van der Waals surface area contributed by atoms with E-state index >= 15 is 0 Å². The van der Waals surface area contributed by atoms with Gasteiger partial charge in [-0.05, 0) is 42.6 Å². The molecule has 3 rings (SSSR count). The zero-order chi connectivity index (χ0) is 18.0. The molecule has 0 radical (unpaired) electrons. The summed E-state index contributed by atoms with van der Waals surface area (Å²) in [5, 5.41) is 9.80. The van der Waals surface area contributed by atoms with E-state index in [0.717, 1.165) is 28.0 Å². The first-order valence-electron chi connectivity index (χ1n) is 7.67. The van der Waals surface area contributed by atoms with Crippen molar-refractivity contribution in [3.63, 3.8) is 0 Å². The molecule has 1 unspecified atom stereocenters. The number of methoxy groups -OCH3 is 1. The van der Waals surface area contributed by atoms with E-state index < -0.39 is 9.71 Å². The Morgan fingerprint density at radius 3 is 2.56 bits per heavy atom. The van der Waals surface area contributed by atoms with Gasteiger partial charge in [0.2, 0.25) is 0 Å². The summed E-state index contributed by atoms with van der Waals surface area (Å²) in [6.07, 6.45) is 0. The Labute approximate surface area is 147 Å². The standard InChI is InChI=1S/C18H20N4O2S/c1-12-21-17-10-14(24-2)6-9-16(17)18(22-12)20-11-13-4-7-15(8-5-13)25(3,19)23/h4-10H,3,11H2,1-2H3,(H2,19,23)(H,20,21,22). The molecule has 7 heteroatoms. The molecule has 0 spiro atoms. The Balaban J connectivity index is 1.85. The zero-order valence-electron chi connectivity index (χ0n) is 14.2. The monoisotopic (exact) mass is 356 g/mol. The number of ether oxygens (including phenoxy) is 1. The van der Waals surface area contributed by atoms with Crippen LogP contribution in [0.2, 0.25) is 0 Å². The normalized spacial score (nSPS) is 13.4. The van der Waals surface area contributed by atoms with Crippen LogP contribution in [0, 0.1) is 6.92 Å². The summed E-state index contributed by atoms with van der Waals surface area (Å²) in [7, 11) is -1.05. The molecule has 0 fully saturated rings. The highest BCUT2D eigenvalue weighted by molar-refractivity contribution is 7.98. The van der Waals surface area contributed by atoms with Crippen LogP contribution < -0.4 is 15.2 Å². The summed E-state index contributed by atoms with van der Waals surface area (Å²) in [4.78, 5) is 9.48. The summed E-state index contributed by atoms with van der Waals surface area (Å²) in [6, 6.07) is 12.9. The van der Waals surface area contributed by atoms with E-state index in [1.165, 1.54) is 0 Å². The Hall–Kier alpha value is -2.64. The van der Waals surface area contributed by atoms with Crippen molar-refractivity contribution in [2.45, 2.75) is 18.4 Å². The minimum atomic E-state index is -2.68. The van der Waals surface area contributed by atoms with E-state index in [2.05, 4.69) is 21.2 Å². The van der Waals surface area contributed by atoms with Gasteiger partial charge in [-0.1, -0.05) is 12.1 Å². The smallest absolute Gasteiger partial charge is 0.137 e. The predicted octanol–water partition coefficient (Wildman–Crippen LogP) is 2.51. The second kappa shape index (κ2) is 6.70. The zero-order valence-corrected chi connectivity index (χ0v) is 15.0. The number of nitrogens with one attached hydrogen (secondary N) is 1. The maximum Gasteiger partial charge on any atom is 0.137 e. The molecule has 0 saturated heterocycles. The second-order valence-corrected chi connectivity index (χ2v) is 7.65. The molecule has 130 valence electrons. The third-order valence-corrected chi connectivity index (χ3v) is 4.87. The van der Waals surface area contributed by atoms with Crippen LogP contribution in [-0.4, -0.2) is 27.2 Å². The summed E-state index contributed by atoms with van der Waals surface area (Å²) < 4.78 is 17.0. The van der Waals surface area contributed by atoms with E-state index in [0.29, 0.717) is 17.3 Å². The second-order valence-electron chi connectivity index (χ2n) is 5.73. The first-order valence-corrected chi connectivity index (χ1v) is 9.46. The molecular weight excluding hydrogens is 336 g/mol. The molecular formula is C18H20N4O2S. The summed E-state index contributed by atoms with van der Waals surface area (Å²) in [5.41, 5.74) is 1.84. The van der Waals surface area contributed by atoms with Gasteiger partial charge in [-0.2, -0.15) is 0 Å². The number of aromatic nitrogens is 2. The fraction of sp³-hybridized carbons (Fsp3) is 0.167. The number of fused-ring (bicyclic) bond motifs is 1. The molecule has 1 heterocycles. The van der Waals surface area contributed by atoms with Crippen LogP contribution >= 0.6 is 0 Å². The summed E-state index contributed by atoms with van der Waals surface area (Å²) >= 11 is 0. The molecule has 0 amide bonds. The van der Waals surface area contributed by atoms with Crippen molar-refractivity contribution in [1.29, 1.82) is 0 Å². The van der Waals surface area contributed by atoms with Gasteiger partial charge in [-0.25, -0.2) is 14.2 Å². The van der Waals surface area contributed by atoms with E-state index in [-0.39, 0.29) is 0 Å². The average molecular weight is 356 g/mol. The maximum absolute atomic E-state index is 11.7. The first kappa shape index (κ1) is 17.2. The van der Waals surface area contributed by atoms with Crippen molar-refractivity contribution < 1.29 is 8.95 Å². The number of nitrogens with zero attached hydrogens (tertiary/aromatic N) is 2. The highest BCUT2D eigenvalue weighted by Crippen LogP contribution is 2.25. The Morgan fingerprint density at radius 2 is 1.92 bits per heavy atom. The van der Waals surface area contributed by atoms with Crippen LogP contribution in [-0.2, 0) is 16.3 Å². The molecule has 1 atom stereocenters. The van der Waals surface area contributed by atoms with Crippen LogP contribution in [0.25, 0.3) is 10.9 Å². The van der Waals surface area contributed by atoms with Crippen molar-refractivity contribution in [3.8, 4) is 5.75 Å². The highest BCUT2D eigenvalue weighted by atomic mass is 32.2. The number of hydrogen-bond acceptors (Lipinski definition) is 5. The van der Waals surface area contributed by atoms with Gasteiger partial charge in [0.1, 0.15) is 17.4 Å². The lowest BCUT2D eigenvalue weighted by molar-refractivity contribution is 0.415. The number of nitrogens with two attached hydrogens (primary N) is 1. The SMILES string of the molecule is C=S(N)(=O)c1ccc(CNc2nc(C)nc3cc(OC)ccc23)cc1. The van der Waals surface area contributed by atoms with Crippen molar-refractivity contribution in [2.24, 2.45) is 5.14 Å². The minimum absolute atomic E-state index is 0.534. The summed E-state index contributed by atoms with van der Waals surface area (Å²) in [6.45, 7) is 2.42. The van der Waals surface area contributed by atoms with Crippen LogP contribution in [0.3, 0.4) is 0 Å². The van der Waals surface area contributed by atoms with Gasteiger partial charge in [-0.15, -0.1) is 0 Å². The molecule has 3 N–H and O–H groups in total. The van der Waals surface area contributed by atoms with Crippen molar-refractivity contribution in [2.75, 3.05) is 12.4 Å². The van der Waals surface area contributed by atoms with Crippen molar-refractivity contribution >= 4 is 32.3 Å². The molecule has 1 aromatic heterocycles. The van der Waals surface area contributed by atoms with Crippen LogP contribution in [0.5, 0.6) is 5.75 Å². The molecule has 0 saturated carbocycles. The molecule has 2 aromatic carbocycles. The minimum Gasteiger partial charge on any atom is -0.497 e. The molecule has 0 bridgehead atoms. The van der Waals surface area contributed by atoms with Crippen molar-refractivity contribution in [3.05, 3.63) is 53.9 Å². The number of rotatable bonds is 5. The lowest BCUT2D eigenvalue weighted by atomic mass is 10.2. The predicted molar refractivity (Wildman–Crippen MR) is 102 cm³/mol. The molecule has 3 aromatic rings. The first-order chi connectivity index (χ1) is 11.9. The molecule has 6 nitrogen and oxygen atoms in total. The van der Waals surface area contributed by atoms with Crippen LogP contribution in [0.15, 0.2) is 47.4 Å². The Morgan fingerprint density at radius 1 is 1.20 bits per heavy atom. The molecule has 0 aliphatic rings. The quantitative estimate of drug-likeness (QED) is 0.686. The van der Waals surface area contributed by atoms with E-state index in [1.807, 2.05) is 37.3 Å². The van der Waals surface area contributed by atoms with E-state index in [4.69, 9.17) is 9.88 Å². The van der Waals surface area contributed by atoms with Gasteiger partial charge in [0.15, 0.2) is 0 Å². The summed E-state index contributed by atoms with van der Waals surface area (Å²) in [5.74, 6) is 5.68. The number of hydrogen-bond donors (Lipinski definition) is 2. The fourth-order valence-corrected chi connectivity index (χ4v) is 3.11. The van der Waals surface area contributed by atoms with E-state index in [9.17, 15) is 4.21 Å². The average Bonchev–Trinajstić information content (AvgIpc) is 2.58. The molecule has 0 aliphatic heterocycles. The lowest BCUT2D eigenvalue weighted by Gasteiger charge is -2.11. The van der Waals surface area contributed by atoms with Crippen LogP contribution in [0.1, 0.15) is 11.4 Å². The largest absolute Gasteiger partial charge is 0.497 e. The lowest BCUT2D eigenvalue weighted by Crippen LogP contribution is -2.12. The molecule has 0 aliphatic carbocycles. The fourth-order valence-electron chi connectivity index (χ4n) is 2.51. The van der Waals surface area contributed by atoms with Gasteiger partial charge < -0.3 is 10.1 Å². The Kier molecular flexibility index (Phi) is 4.61. The third-order valence-electron chi connectivity index (χ3n) is 3.80. The highest BCUT2D eigenvalue weighted by Gasteiger charge is 2.07. The Bertz CT molecular complexity index is 1020. The van der Waals surface area contributed by atoms with Gasteiger partial charge in [0.25, 0.3) is 0 Å². The number of anilines is 1. The third kappa shape index (κ3) is 3.89. The van der Waals surface area contributed by atoms with Gasteiger partial charge in [0, 0.05) is 22.9 Å². The maximum atomic E-state index is 11.7. The van der Waals surface area contributed by atoms with E-state index in [1.54, 1.807) is 19.2 Å². The van der Waals surface area contributed by atoms with Gasteiger partial charge >= 0.3 is 0 Å². The topological polar surface area (TPSA) is 90.1 Å². The number of aryl methyl sites for hydroxylation is 1. The van der Waals surface area contributed by atoms with Gasteiger partial charge in [-0.3, -0.25) is 5.14 Å².